The first kappa shape index (κ1) is 22.3. The van der Waals surface area contributed by atoms with E-state index in [1.807, 2.05) is 38.1 Å². The lowest BCUT2D eigenvalue weighted by Crippen LogP contribution is -2.27. The van der Waals surface area contributed by atoms with E-state index in [1.165, 1.54) is 18.5 Å². The molecule has 7 nitrogen and oxygen atoms in total. The minimum atomic E-state index is -0.189. The lowest BCUT2D eigenvalue weighted by molar-refractivity contribution is 0.0935. The van der Waals surface area contributed by atoms with E-state index < -0.39 is 0 Å². The van der Waals surface area contributed by atoms with Gasteiger partial charge in [0.05, 0.1) is 19.2 Å². The van der Waals surface area contributed by atoms with Crippen molar-refractivity contribution in [1.29, 1.82) is 0 Å². The fourth-order valence-electron chi connectivity index (χ4n) is 4.23. The van der Waals surface area contributed by atoms with E-state index >= 15 is 0 Å². The zero-order chi connectivity index (χ0) is 23.5. The van der Waals surface area contributed by atoms with Gasteiger partial charge in [0.15, 0.2) is 0 Å². The summed E-state index contributed by atoms with van der Waals surface area (Å²) in [5.41, 5.74) is 3.48. The number of aromatic nitrogens is 2. The van der Waals surface area contributed by atoms with Crippen molar-refractivity contribution in [3.63, 3.8) is 0 Å². The monoisotopic (exact) mass is 460 g/mol. The molecule has 1 aromatic heterocycles. The van der Waals surface area contributed by atoms with E-state index in [-0.39, 0.29) is 18.1 Å². The summed E-state index contributed by atoms with van der Waals surface area (Å²) in [6.45, 7) is 6.51. The minimum absolute atomic E-state index is 0.128. The molecule has 1 saturated heterocycles. The van der Waals surface area contributed by atoms with Gasteiger partial charge in [-0.05, 0) is 80.6 Å². The number of benzene rings is 2. The second-order valence-corrected chi connectivity index (χ2v) is 9.42. The molecule has 0 bridgehead atoms. The van der Waals surface area contributed by atoms with Crippen molar-refractivity contribution in [3.8, 4) is 11.5 Å². The molecule has 2 N–H and O–H groups in total. The number of carbonyl (C=O) groups is 1. The maximum Gasteiger partial charge on any atom is 0.272 e. The number of aromatic amines is 1. The van der Waals surface area contributed by atoms with Crippen molar-refractivity contribution >= 4 is 11.6 Å². The first-order chi connectivity index (χ1) is 16.5. The Balaban J connectivity index is 1.10. The fraction of sp³-hybridized carbons (Fsp3) is 0.407. The highest BCUT2D eigenvalue weighted by Crippen LogP contribution is 2.30. The van der Waals surface area contributed by atoms with Gasteiger partial charge in [-0.2, -0.15) is 5.10 Å². The molecule has 1 saturated carbocycles. The van der Waals surface area contributed by atoms with Crippen LogP contribution in [-0.2, 0) is 0 Å². The molecular weight excluding hydrogens is 428 g/mol. The molecule has 2 aliphatic rings. The van der Waals surface area contributed by atoms with Crippen molar-refractivity contribution in [2.24, 2.45) is 5.92 Å². The SMILES string of the molecule is Cc1cc(C(=O)N[C@@H](C)c2ccc(O[C@@H]3CCN(c4ccc(OCC5CC5)cc4)C3)cc2)n[nH]1. The molecule has 34 heavy (non-hydrogen) atoms. The van der Waals surface area contributed by atoms with Crippen LogP contribution in [0.3, 0.4) is 0 Å². The lowest BCUT2D eigenvalue weighted by Gasteiger charge is -2.20. The van der Waals surface area contributed by atoms with E-state index in [9.17, 15) is 4.79 Å². The van der Waals surface area contributed by atoms with E-state index in [1.54, 1.807) is 6.07 Å². The van der Waals surface area contributed by atoms with Crippen LogP contribution >= 0.6 is 0 Å². The third kappa shape index (κ3) is 5.53. The quantitative estimate of drug-likeness (QED) is 0.486. The van der Waals surface area contributed by atoms with Gasteiger partial charge in [0.2, 0.25) is 0 Å². The Kier molecular flexibility index (Phi) is 6.43. The summed E-state index contributed by atoms with van der Waals surface area (Å²) in [4.78, 5) is 14.7. The summed E-state index contributed by atoms with van der Waals surface area (Å²) >= 11 is 0. The first-order valence-electron chi connectivity index (χ1n) is 12.1. The smallest absolute Gasteiger partial charge is 0.272 e. The van der Waals surface area contributed by atoms with Crippen LogP contribution in [0, 0.1) is 12.8 Å². The highest BCUT2D eigenvalue weighted by molar-refractivity contribution is 5.92. The predicted octanol–water partition coefficient (Wildman–Crippen LogP) is 4.66. The van der Waals surface area contributed by atoms with Crippen LogP contribution in [0.2, 0.25) is 0 Å². The maximum atomic E-state index is 12.3. The molecule has 0 radical (unpaired) electrons. The van der Waals surface area contributed by atoms with Gasteiger partial charge in [-0.15, -0.1) is 0 Å². The largest absolute Gasteiger partial charge is 0.493 e. The third-order valence-corrected chi connectivity index (χ3v) is 6.50. The van der Waals surface area contributed by atoms with Gasteiger partial charge in [-0.25, -0.2) is 0 Å². The zero-order valence-electron chi connectivity index (χ0n) is 19.8. The van der Waals surface area contributed by atoms with Crippen LogP contribution in [0.5, 0.6) is 11.5 Å². The first-order valence-corrected chi connectivity index (χ1v) is 12.1. The lowest BCUT2D eigenvalue weighted by atomic mass is 10.1. The Labute approximate surface area is 200 Å². The van der Waals surface area contributed by atoms with Gasteiger partial charge >= 0.3 is 0 Å². The summed E-state index contributed by atoms with van der Waals surface area (Å²) in [6.07, 6.45) is 3.74. The number of nitrogens with zero attached hydrogens (tertiary/aromatic N) is 2. The van der Waals surface area contributed by atoms with Crippen LogP contribution in [0.25, 0.3) is 0 Å². The Morgan fingerprint density at radius 1 is 1.12 bits per heavy atom. The van der Waals surface area contributed by atoms with Crippen molar-refractivity contribution in [2.45, 2.75) is 45.3 Å². The molecule has 2 heterocycles. The Morgan fingerprint density at radius 2 is 1.85 bits per heavy atom. The number of ether oxygens (including phenoxy) is 2. The molecule has 1 amide bonds. The fourth-order valence-corrected chi connectivity index (χ4v) is 4.23. The van der Waals surface area contributed by atoms with Crippen LogP contribution in [0.4, 0.5) is 5.69 Å². The van der Waals surface area contributed by atoms with Crippen molar-refractivity contribution in [2.75, 3.05) is 24.6 Å². The summed E-state index contributed by atoms with van der Waals surface area (Å²) in [6, 6.07) is 18.0. The van der Waals surface area contributed by atoms with Crippen LogP contribution in [0.1, 0.15) is 54.0 Å². The number of nitrogens with one attached hydrogen (secondary N) is 2. The van der Waals surface area contributed by atoms with Gasteiger partial charge in [0.1, 0.15) is 23.3 Å². The average Bonchev–Trinajstić information content (AvgIpc) is 3.39. The summed E-state index contributed by atoms with van der Waals surface area (Å²) in [5, 5.41) is 9.79. The second-order valence-electron chi connectivity index (χ2n) is 9.42. The number of rotatable bonds is 9. The number of H-pyrrole nitrogens is 1. The van der Waals surface area contributed by atoms with Gasteiger partial charge < -0.3 is 19.7 Å². The van der Waals surface area contributed by atoms with E-state index in [0.29, 0.717) is 5.69 Å². The second kappa shape index (κ2) is 9.79. The van der Waals surface area contributed by atoms with Crippen molar-refractivity contribution in [1.82, 2.24) is 15.5 Å². The Hall–Kier alpha value is -3.48. The Bertz CT molecular complexity index is 1110. The number of hydrogen-bond acceptors (Lipinski definition) is 5. The number of hydrogen-bond donors (Lipinski definition) is 2. The summed E-state index contributed by atoms with van der Waals surface area (Å²) < 4.78 is 12.1. The number of amides is 1. The molecule has 1 aliphatic heterocycles. The van der Waals surface area contributed by atoms with Gasteiger partial charge in [0.25, 0.3) is 5.91 Å². The molecule has 0 unspecified atom stereocenters. The van der Waals surface area contributed by atoms with Gasteiger partial charge in [-0.1, -0.05) is 12.1 Å². The molecule has 0 spiro atoms. The summed E-state index contributed by atoms with van der Waals surface area (Å²) in [7, 11) is 0. The van der Waals surface area contributed by atoms with Crippen molar-refractivity contribution < 1.29 is 14.3 Å². The topological polar surface area (TPSA) is 79.5 Å². The summed E-state index contributed by atoms with van der Waals surface area (Å²) in [5.74, 6) is 2.37. The van der Waals surface area contributed by atoms with Crippen LogP contribution in [-0.4, -0.2) is 41.9 Å². The number of aryl methyl sites for hydroxylation is 1. The van der Waals surface area contributed by atoms with E-state index in [2.05, 4.69) is 44.7 Å². The highest BCUT2D eigenvalue weighted by Gasteiger charge is 2.25. The standard InChI is InChI=1S/C27H32N4O3/c1-18-15-26(30-29-18)27(32)28-19(2)21-5-9-24(10-6-21)34-25-13-14-31(16-25)22-7-11-23(12-8-22)33-17-20-3-4-20/h5-12,15,19-20,25H,3-4,13-14,16-17H2,1-2H3,(H,28,32)(H,29,30)/t19-,25+/m0/s1. The molecule has 7 heteroatoms. The van der Waals surface area contributed by atoms with E-state index in [4.69, 9.17) is 9.47 Å². The molecule has 2 fully saturated rings. The molecule has 5 rings (SSSR count). The van der Waals surface area contributed by atoms with Crippen LogP contribution < -0.4 is 19.7 Å². The molecule has 1 aliphatic carbocycles. The van der Waals surface area contributed by atoms with Gasteiger partial charge in [0, 0.05) is 24.3 Å². The number of carbonyl (C=O) groups excluding carboxylic acids is 1. The number of anilines is 1. The minimum Gasteiger partial charge on any atom is -0.493 e. The molecule has 2 atom stereocenters. The highest BCUT2D eigenvalue weighted by atomic mass is 16.5. The predicted molar refractivity (Wildman–Crippen MR) is 132 cm³/mol. The molecular formula is C27H32N4O3. The van der Waals surface area contributed by atoms with Crippen LogP contribution in [0.15, 0.2) is 54.6 Å². The van der Waals surface area contributed by atoms with E-state index in [0.717, 1.165) is 54.8 Å². The molecule has 3 aromatic rings. The molecule has 178 valence electrons. The third-order valence-electron chi connectivity index (χ3n) is 6.50. The van der Waals surface area contributed by atoms with Crippen molar-refractivity contribution in [3.05, 3.63) is 71.5 Å². The maximum absolute atomic E-state index is 12.3. The Morgan fingerprint density at radius 3 is 2.53 bits per heavy atom. The molecule has 2 aromatic carbocycles. The van der Waals surface area contributed by atoms with Gasteiger partial charge in [-0.3, -0.25) is 9.89 Å². The zero-order valence-corrected chi connectivity index (χ0v) is 19.8. The normalized spacial score (nSPS) is 18.5. The average molecular weight is 461 g/mol.